The van der Waals surface area contributed by atoms with Crippen molar-refractivity contribution in [1.29, 1.82) is 0 Å². The summed E-state index contributed by atoms with van der Waals surface area (Å²) >= 11 is 9.32. The van der Waals surface area contributed by atoms with E-state index in [4.69, 9.17) is 16.3 Å². The van der Waals surface area contributed by atoms with Gasteiger partial charge in [-0.2, -0.15) is 0 Å². The molecule has 2 rings (SSSR count). The van der Waals surface area contributed by atoms with Crippen LogP contribution < -0.4 is 10.1 Å². The molecule has 1 atom stereocenters. The van der Waals surface area contributed by atoms with Crippen LogP contribution in [0.3, 0.4) is 0 Å². The molecule has 0 aliphatic heterocycles. The van der Waals surface area contributed by atoms with Gasteiger partial charge in [0, 0.05) is 16.5 Å². The molecule has 0 fully saturated rings. The Morgan fingerprint density at radius 3 is 2.62 bits per heavy atom. The summed E-state index contributed by atoms with van der Waals surface area (Å²) in [6, 6.07) is 10.7. The molecule has 1 amide bonds. The summed E-state index contributed by atoms with van der Waals surface area (Å²) in [4.78, 5) is 23.7. The zero-order chi connectivity index (χ0) is 17.7. The maximum atomic E-state index is 12.2. The molecule has 0 spiro atoms. The standard InChI is InChI=1S/C17H15BrClNO4/c1-24-15-6-5-10(7-13(15)19)8-14(17(22)23)20-16(21)11-3-2-4-12(18)9-11/h2-7,9,14H,8H2,1H3,(H,20,21)(H,22,23)/t14-/m0/s1. The van der Waals surface area contributed by atoms with E-state index in [1.54, 1.807) is 42.5 Å². The summed E-state index contributed by atoms with van der Waals surface area (Å²) in [5, 5.41) is 12.3. The van der Waals surface area contributed by atoms with Gasteiger partial charge in [0.15, 0.2) is 0 Å². The molecule has 0 radical (unpaired) electrons. The third-order valence-electron chi connectivity index (χ3n) is 3.35. The number of benzene rings is 2. The number of hydrogen-bond donors (Lipinski definition) is 2. The second-order valence-corrected chi connectivity index (χ2v) is 6.37. The van der Waals surface area contributed by atoms with Gasteiger partial charge in [-0.1, -0.05) is 39.7 Å². The number of carbonyl (C=O) groups excluding carboxylic acids is 1. The second-order valence-electron chi connectivity index (χ2n) is 5.05. The minimum atomic E-state index is -1.12. The minimum absolute atomic E-state index is 0.110. The van der Waals surface area contributed by atoms with E-state index in [0.717, 1.165) is 4.47 Å². The lowest BCUT2D eigenvalue weighted by Crippen LogP contribution is -2.42. The Kier molecular flexibility index (Phi) is 6.23. The average molecular weight is 413 g/mol. The average Bonchev–Trinajstić information content (AvgIpc) is 2.54. The predicted octanol–water partition coefficient (Wildman–Crippen LogP) is 3.54. The summed E-state index contributed by atoms with van der Waals surface area (Å²) in [7, 11) is 1.50. The van der Waals surface area contributed by atoms with E-state index in [0.29, 0.717) is 21.9 Å². The second kappa shape index (κ2) is 8.17. The fraction of sp³-hybridized carbons (Fsp3) is 0.176. The van der Waals surface area contributed by atoms with Crippen LogP contribution in [-0.4, -0.2) is 30.1 Å². The molecular weight excluding hydrogens is 398 g/mol. The van der Waals surface area contributed by atoms with Crippen LogP contribution in [0, 0.1) is 0 Å². The van der Waals surface area contributed by atoms with E-state index >= 15 is 0 Å². The van der Waals surface area contributed by atoms with Gasteiger partial charge in [0.1, 0.15) is 11.8 Å². The molecule has 126 valence electrons. The zero-order valence-corrected chi connectivity index (χ0v) is 15.1. The number of methoxy groups -OCH3 is 1. The lowest BCUT2D eigenvalue weighted by Gasteiger charge is -2.15. The van der Waals surface area contributed by atoms with Crippen molar-refractivity contribution in [2.75, 3.05) is 7.11 Å². The van der Waals surface area contributed by atoms with Crippen LogP contribution in [0.2, 0.25) is 5.02 Å². The van der Waals surface area contributed by atoms with Crippen LogP contribution in [0.25, 0.3) is 0 Å². The number of ether oxygens (including phenoxy) is 1. The number of carbonyl (C=O) groups is 2. The van der Waals surface area contributed by atoms with Crippen molar-refractivity contribution in [2.24, 2.45) is 0 Å². The van der Waals surface area contributed by atoms with Crippen molar-refractivity contribution in [3.63, 3.8) is 0 Å². The van der Waals surface area contributed by atoms with E-state index in [9.17, 15) is 14.7 Å². The van der Waals surface area contributed by atoms with Crippen molar-refractivity contribution in [1.82, 2.24) is 5.32 Å². The van der Waals surface area contributed by atoms with Crippen LogP contribution in [0.5, 0.6) is 5.75 Å². The van der Waals surface area contributed by atoms with Crippen molar-refractivity contribution < 1.29 is 19.4 Å². The van der Waals surface area contributed by atoms with Gasteiger partial charge in [0.25, 0.3) is 5.91 Å². The van der Waals surface area contributed by atoms with Gasteiger partial charge in [-0.3, -0.25) is 4.79 Å². The van der Waals surface area contributed by atoms with Gasteiger partial charge < -0.3 is 15.2 Å². The molecule has 7 heteroatoms. The fourth-order valence-electron chi connectivity index (χ4n) is 2.14. The van der Waals surface area contributed by atoms with Crippen molar-refractivity contribution in [2.45, 2.75) is 12.5 Å². The Labute approximate surface area is 152 Å². The maximum Gasteiger partial charge on any atom is 0.326 e. The zero-order valence-electron chi connectivity index (χ0n) is 12.8. The van der Waals surface area contributed by atoms with E-state index < -0.39 is 17.9 Å². The smallest absolute Gasteiger partial charge is 0.326 e. The highest BCUT2D eigenvalue weighted by Crippen LogP contribution is 2.25. The molecule has 0 aliphatic rings. The largest absolute Gasteiger partial charge is 0.495 e. The Morgan fingerprint density at radius 2 is 2.04 bits per heavy atom. The molecule has 2 aromatic rings. The minimum Gasteiger partial charge on any atom is -0.495 e. The van der Waals surface area contributed by atoms with Gasteiger partial charge in [-0.25, -0.2) is 4.79 Å². The molecule has 0 heterocycles. The molecule has 0 saturated carbocycles. The Balaban J connectivity index is 2.13. The Morgan fingerprint density at radius 1 is 1.29 bits per heavy atom. The van der Waals surface area contributed by atoms with E-state index in [1.165, 1.54) is 7.11 Å². The fourth-order valence-corrected chi connectivity index (χ4v) is 2.82. The number of hydrogen-bond acceptors (Lipinski definition) is 3. The Bertz CT molecular complexity index is 766. The summed E-state index contributed by atoms with van der Waals surface area (Å²) in [5.41, 5.74) is 1.06. The summed E-state index contributed by atoms with van der Waals surface area (Å²) in [6.07, 6.45) is 0.110. The predicted molar refractivity (Wildman–Crippen MR) is 94.7 cm³/mol. The third-order valence-corrected chi connectivity index (χ3v) is 4.13. The van der Waals surface area contributed by atoms with Gasteiger partial charge in [-0.15, -0.1) is 0 Å². The first kappa shape index (κ1) is 18.3. The van der Waals surface area contributed by atoms with Gasteiger partial charge >= 0.3 is 5.97 Å². The number of amides is 1. The molecule has 0 saturated heterocycles. The summed E-state index contributed by atoms with van der Waals surface area (Å²) in [6.45, 7) is 0. The first-order valence-corrected chi connectivity index (χ1v) is 8.19. The highest BCUT2D eigenvalue weighted by Gasteiger charge is 2.21. The normalized spacial score (nSPS) is 11.6. The van der Waals surface area contributed by atoms with Crippen molar-refractivity contribution in [3.05, 3.63) is 63.1 Å². The lowest BCUT2D eigenvalue weighted by atomic mass is 10.1. The molecule has 0 aromatic heterocycles. The van der Waals surface area contributed by atoms with Crippen molar-refractivity contribution in [3.8, 4) is 5.75 Å². The molecule has 2 aromatic carbocycles. The number of carboxylic acids is 1. The number of rotatable bonds is 6. The SMILES string of the molecule is COc1ccc(C[C@H](NC(=O)c2cccc(Br)c2)C(=O)O)cc1Cl. The topological polar surface area (TPSA) is 75.6 Å². The summed E-state index contributed by atoms with van der Waals surface area (Å²) < 4.78 is 5.80. The lowest BCUT2D eigenvalue weighted by molar-refractivity contribution is -0.139. The van der Waals surface area contributed by atoms with E-state index in [2.05, 4.69) is 21.2 Å². The van der Waals surface area contributed by atoms with Crippen molar-refractivity contribution >= 4 is 39.4 Å². The molecule has 0 bridgehead atoms. The number of halogens is 2. The molecule has 5 nitrogen and oxygen atoms in total. The summed E-state index contributed by atoms with van der Waals surface area (Å²) in [5.74, 6) is -1.07. The van der Waals surface area contributed by atoms with Crippen LogP contribution in [0.1, 0.15) is 15.9 Å². The van der Waals surface area contributed by atoms with Gasteiger partial charge in [0.05, 0.1) is 12.1 Å². The molecule has 0 aliphatic carbocycles. The first-order valence-electron chi connectivity index (χ1n) is 7.02. The highest BCUT2D eigenvalue weighted by molar-refractivity contribution is 9.10. The van der Waals surface area contributed by atoms with Crippen LogP contribution in [0.15, 0.2) is 46.9 Å². The monoisotopic (exact) mass is 411 g/mol. The quantitative estimate of drug-likeness (QED) is 0.761. The number of carboxylic acid groups (broad SMARTS) is 1. The molecule has 0 unspecified atom stereocenters. The molecule has 24 heavy (non-hydrogen) atoms. The number of nitrogens with one attached hydrogen (secondary N) is 1. The van der Waals surface area contributed by atoms with Gasteiger partial charge in [-0.05, 0) is 35.9 Å². The van der Waals surface area contributed by atoms with Gasteiger partial charge in [0.2, 0.25) is 0 Å². The van der Waals surface area contributed by atoms with E-state index in [1.807, 2.05) is 0 Å². The number of aliphatic carboxylic acids is 1. The highest BCUT2D eigenvalue weighted by atomic mass is 79.9. The maximum absolute atomic E-state index is 12.2. The van der Waals surface area contributed by atoms with E-state index in [-0.39, 0.29) is 6.42 Å². The Hall–Kier alpha value is -2.05. The van der Waals surface area contributed by atoms with Crippen LogP contribution >= 0.6 is 27.5 Å². The van der Waals surface area contributed by atoms with Crippen LogP contribution in [0.4, 0.5) is 0 Å². The molecule has 2 N–H and O–H groups in total. The van der Waals surface area contributed by atoms with Crippen LogP contribution in [-0.2, 0) is 11.2 Å². The first-order chi connectivity index (χ1) is 11.4. The third kappa shape index (κ3) is 4.72. The molecular formula is C17H15BrClNO4.